The van der Waals surface area contributed by atoms with Crippen LogP contribution in [0.15, 0.2) is 52.1 Å². The normalized spacial score (nSPS) is 13.2. The number of hydrogen-bond donors (Lipinski definition) is 1. The van der Waals surface area contributed by atoms with E-state index in [1.807, 2.05) is 12.1 Å². The molecule has 1 N–H and O–H groups in total. The zero-order valence-electron chi connectivity index (χ0n) is 11.2. The molecule has 1 aromatic heterocycles. The van der Waals surface area contributed by atoms with Crippen LogP contribution < -0.4 is 4.72 Å². The van der Waals surface area contributed by atoms with Crippen LogP contribution in [0.2, 0.25) is 0 Å². The van der Waals surface area contributed by atoms with E-state index in [4.69, 9.17) is 0 Å². The summed E-state index contributed by atoms with van der Waals surface area (Å²) in [6, 6.07) is 8.48. The standard InChI is InChI=1S/C14H15BrN2O2S/c1-10-5-6-13(15)8-14(10)20(18,19)17-11(2)12-4-3-7-16-9-12/h3-9,11,17H,1-2H3/t11-/m1/s1. The Balaban J connectivity index is 2.30. The second-order valence-electron chi connectivity index (χ2n) is 4.54. The second-order valence-corrected chi connectivity index (χ2v) is 7.14. The average Bonchev–Trinajstić information content (AvgIpc) is 2.42. The van der Waals surface area contributed by atoms with Gasteiger partial charge in [-0.3, -0.25) is 4.98 Å². The van der Waals surface area contributed by atoms with Gasteiger partial charge in [0.15, 0.2) is 0 Å². The molecule has 4 nitrogen and oxygen atoms in total. The molecule has 0 aliphatic carbocycles. The minimum absolute atomic E-state index is 0.280. The molecular formula is C14H15BrN2O2S. The molecule has 0 aliphatic heterocycles. The minimum atomic E-state index is -3.57. The van der Waals surface area contributed by atoms with Crippen molar-refractivity contribution in [2.45, 2.75) is 24.8 Å². The van der Waals surface area contributed by atoms with Crippen LogP contribution >= 0.6 is 15.9 Å². The van der Waals surface area contributed by atoms with E-state index < -0.39 is 10.0 Å². The lowest BCUT2D eigenvalue weighted by atomic mass is 10.2. The third kappa shape index (κ3) is 3.45. The van der Waals surface area contributed by atoms with Crippen LogP contribution in [0.25, 0.3) is 0 Å². The minimum Gasteiger partial charge on any atom is -0.264 e. The van der Waals surface area contributed by atoms with E-state index in [2.05, 4.69) is 25.6 Å². The van der Waals surface area contributed by atoms with Gasteiger partial charge in [-0.05, 0) is 43.2 Å². The molecule has 20 heavy (non-hydrogen) atoms. The van der Waals surface area contributed by atoms with Gasteiger partial charge in [0.05, 0.1) is 4.90 Å². The summed E-state index contributed by atoms with van der Waals surface area (Å²) in [6.07, 6.45) is 3.31. The maximum Gasteiger partial charge on any atom is 0.241 e. The zero-order valence-corrected chi connectivity index (χ0v) is 13.6. The van der Waals surface area contributed by atoms with Gasteiger partial charge >= 0.3 is 0 Å². The summed E-state index contributed by atoms with van der Waals surface area (Å²) in [4.78, 5) is 4.28. The Labute approximate surface area is 127 Å². The fourth-order valence-electron chi connectivity index (χ4n) is 1.86. The van der Waals surface area contributed by atoms with E-state index in [0.29, 0.717) is 5.56 Å². The summed E-state index contributed by atoms with van der Waals surface area (Å²) in [5.74, 6) is 0. The van der Waals surface area contributed by atoms with E-state index >= 15 is 0 Å². The van der Waals surface area contributed by atoms with Gasteiger partial charge in [0, 0.05) is 22.9 Å². The number of sulfonamides is 1. The molecule has 0 radical (unpaired) electrons. The SMILES string of the molecule is Cc1ccc(Br)cc1S(=O)(=O)N[C@H](C)c1cccnc1. The summed E-state index contributed by atoms with van der Waals surface area (Å²) in [6.45, 7) is 3.57. The molecule has 106 valence electrons. The summed E-state index contributed by atoms with van der Waals surface area (Å²) in [7, 11) is -3.57. The van der Waals surface area contributed by atoms with Crippen LogP contribution in [0.3, 0.4) is 0 Å². The third-order valence-electron chi connectivity index (χ3n) is 2.96. The van der Waals surface area contributed by atoms with Crippen LogP contribution in [0, 0.1) is 6.92 Å². The summed E-state index contributed by atoms with van der Waals surface area (Å²) in [5, 5.41) is 0. The van der Waals surface area contributed by atoms with Gasteiger partial charge in [-0.25, -0.2) is 13.1 Å². The predicted octanol–water partition coefficient (Wildman–Crippen LogP) is 3.19. The van der Waals surface area contributed by atoms with Gasteiger partial charge < -0.3 is 0 Å². The Morgan fingerprint density at radius 2 is 2.05 bits per heavy atom. The van der Waals surface area contributed by atoms with Crippen molar-refractivity contribution < 1.29 is 8.42 Å². The maximum absolute atomic E-state index is 12.4. The van der Waals surface area contributed by atoms with Crippen molar-refractivity contribution in [1.29, 1.82) is 0 Å². The highest BCUT2D eigenvalue weighted by molar-refractivity contribution is 9.10. The number of pyridine rings is 1. The van der Waals surface area contributed by atoms with Gasteiger partial charge in [-0.2, -0.15) is 0 Å². The fourth-order valence-corrected chi connectivity index (χ4v) is 3.87. The topological polar surface area (TPSA) is 59.1 Å². The number of hydrogen-bond acceptors (Lipinski definition) is 3. The lowest BCUT2D eigenvalue weighted by molar-refractivity contribution is 0.566. The highest BCUT2D eigenvalue weighted by atomic mass is 79.9. The van der Waals surface area contributed by atoms with Crippen molar-refractivity contribution in [3.05, 3.63) is 58.3 Å². The first-order valence-electron chi connectivity index (χ1n) is 6.08. The molecular weight excluding hydrogens is 340 g/mol. The van der Waals surface area contributed by atoms with E-state index in [1.165, 1.54) is 0 Å². The summed E-state index contributed by atoms with van der Waals surface area (Å²) < 4.78 is 28.3. The maximum atomic E-state index is 12.4. The quantitative estimate of drug-likeness (QED) is 0.916. The number of nitrogens with zero attached hydrogens (tertiary/aromatic N) is 1. The molecule has 0 bridgehead atoms. The number of halogens is 1. The van der Waals surface area contributed by atoms with Crippen molar-refractivity contribution in [1.82, 2.24) is 9.71 Å². The Hall–Kier alpha value is -1.24. The first-order valence-corrected chi connectivity index (χ1v) is 8.36. The van der Waals surface area contributed by atoms with Crippen LogP contribution in [0.5, 0.6) is 0 Å². The summed E-state index contributed by atoms with van der Waals surface area (Å²) >= 11 is 3.30. The molecule has 0 fully saturated rings. The molecule has 2 rings (SSSR count). The number of nitrogens with one attached hydrogen (secondary N) is 1. The van der Waals surface area contributed by atoms with E-state index in [9.17, 15) is 8.42 Å². The van der Waals surface area contributed by atoms with E-state index in [1.54, 1.807) is 44.4 Å². The second kappa shape index (κ2) is 6.03. The highest BCUT2D eigenvalue weighted by Gasteiger charge is 2.20. The van der Waals surface area contributed by atoms with E-state index in [-0.39, 0.29) is 10.9 Å². The lowest BCUT2D eigenvalue weighted by Gasteiger charge is -2.15. The van der Waals surface area contributed by atoms with Crippen LogP contribution in [-0.4, -0.2) is 13.4 Å². The molecule has 0 amide bonds. The molecule has 6 heteroatoms. The van der Waals surface area contributed by atoms with Gasteiger partial charge in [0.1, 0.15) is 0 Å². The van der Waals surface area contributed by atoms with Crippen molar-refractivity contribution >= 4 is 26.0 Å². The molecule has 0 saturated heterocycles. The fraction of sp³-hybridized carbons (Fsp3) is 0.214. The van der Waals surface area contributed by atoms with Gasteiger partial charge in [-0.1, -0.05) is 28.1 Å². The molecule has 0 spiro atoms. The predicted molar refractivity (Wildman–Crippen MR) is 81.9 cm³/mol. The number of aromatic nitrogens is 1. The molecule has 0 unspecified atom stereocenters. The first-order chi connectivity index (χ1) is 9.40. The molecule has 2 aromatic rings. The first kappa shape index (κ1) is 15.2. The smallest absolute Gasteiger partial charge is 0.241 e. The van der Waals surface area contributed by atoms with Gasteiger partial charge in [-0.15, -0.1) is 0 Å². The monoisotopic (exact) mass is 354 g/mol. The largest absolute Gasteiger partial charge is 0.264 e. The van der Waals surface area contributed by atoms with Crippen LogP contribution in [-0.2, 0) is 10.0 Å². The molecule has 1 atom stereocenters. The highest BCUT2D eigenvalue weighted by Crippen LogP contribution is 2.22. The van der Waals surface area contributed by atoms with Crippen LogP contribution in [0.1, 0.15) is 24.1 Å². The third-order valence-corrected chi connectivity index (χ3v) is 5.13. The van der Waals surface area contributed by atoms with Crippen LogP contribution in [0.4, 0.5) is 0 Å². The van der Waals surface area contributed by atoms with Crippen molar-refractivity contribution in [2.24, 2.45) is 0 Å². The molecule has 0 aliphatic rings. The number of rotatable bonds is 4. The van der Waals surface area contributed by atoms with Crippen molar-refractivity contribution in [2.75, 3.05) is 0 Å². The van der Waals surface area contributed by atoms with Gasteiger partial charge in [0.2, 0.25) is 10.0 Å². The Morgan fingerprint density at radius 3 is 2.70 bits per heavy atom. The average molecular weight is 355 g/mol. The Morgan fingerprint density at radius 1 is 1.30 bits per heavy atom. The van der Waals surface area contributed by atoms with Crippen molar-refractivity contribution in [3.8, 4) is 0 Å². The zero-order chi connectivity index (χ0) is 14.8. The van der Waals surface area contributed by atoms with E-state index in [0.717, 1.165) is 10.0 Å². The lowest BCUT2D eigenvalue weighted by Crippen LogP contribution is -2.27. The number of benzene rings is 1. The molecule has 1 aromatic carbocycles. The Bertz CT molecular complexity index is 702. The molecule has 1 heterocycles. The number of aryl methyl sites for hydroxylation is 1. The van der Waals surface area contributed by atoms with Gasteiger partial charge in [0.25, 0.3) is 0 Å². The molecule has 0 saturated carbocycles. The Kier molecular flexibility index (Phi) is 4.57. The summed E-state index contributed by atoms with van der Waals surface area (Å²) in [5.41, 5.74) is 1.53. The van der Waals surface area contributed by atoms with Crippen molar-refractivity contribution in [3.63, 3.8) is 0 Å².